The number of fused-ring (bicyclic) bond motifs is 2. The minimum atomic E-state index is -0.838. The molecule has 2 fully saturated rings. The molecule has 1 N–H and O–H groups in total. The third kappa shape index (κ3) is 5.23. The molecular formula is C28H39ClN2O3. The summed E-state index contributed by atoms with van der Waals surface area (Å²) in [6.07, 6.45) is 4.75. The molecule has 0 aromatic heterocycles. The average Bonchev–Trinajstić information content (AvgIpc) is 3.04. The summed E-state index contributed by atoms with van der Waals surface area (Å²) in [5.41, 5.74) is 3.97. The van der Waals surface area contributed by atoms with E-state index in [1.54, 1.807) is 7.11 Å². The second-order valence-corrected chi connectivity index (χ2v) is 10.7. The number of rotatable bonds is 9. The van der Waals surface area contributed by atoms with Crippen LogP contribution in [0.15, 0.2) is 30.3 Å². The maximum absolute atomic E-state index is 11.6. The first-order valence-electron chi connectivity index (χ1n) is 12.4. The Morgan fingerprint density at radius 3 is 2.41 bits per heavy atom. The highest BCUT2D eigenvalue weighted by Crippen LogP contribution is 2.47. The van der Waals surface area contributed by atoms with Gasteiger partial charge in [0.25, 0.3) is 0 Å². The van der Waals surface area contributed by atoms with Crippen molar-refractivity contribution >= 4 is 11.6 Å². The molecule has 2 aliphatic heterocycles. The number of hydrogen-bond donors (Lipinski definition) is 1. The molecule has 5 nitrogen and oxygen atoms in total. The maximum Gasteiger partial charge on any atom is 0.137 e. The number of nitrogens with zero attached hydrogens (tertiary/aromatic N) is 2. The monoisotopic (exact) mass is 486 g/mol. The molecule has 0 radical (unpaired) electrons. The minimum absolute atomic E-state index is 0.368. The van der Waals surface area contributed by atoms with Crippen molar-refractivity contribution in [2.24, 2.45) is 0 Å². The van der Waals surface area contributed by atoms with Gasteiger partial charge >= 0.3 is 0 Å². The number of aliphatic hydroxyl groups is 1. The van der Waals surface area contributed by atoms with E-state index < -0.39 is 5.60 Å². The molecule has 4 rings (SSSR count). The molecule has 6 heteroatoms. The maximum atomic E-state index is 11.6. The van der Waals surface area contributed by atoms with E-state index in [4.69, 9.17) is 21.1 Å². The molecular weight excluding hydrogens is 448 g/mol. The summed E-state index contributed by atoms with van der Waals surface area (Å²) in [5.74, 6) is 1.62. The molecule has 2 unspecified atom stereocenters. The molecule has 0 saturated carbocycles. The zero-order valence-corrected chi connectivity index (χ0v) is 22.0. The Morgan fingerprint density at radius 1 is 1.06 bits per heavy atom. The SMILES string of the molecule is COc1cc(C2(O)CC3CCC(C2)N3Cc2ccc(OCCCN(C)C)c(C)c2C)ccc1Cl. The molecule has 2 heterocycles. The van der Waals surface area contributed by atoms with Crippen molar-refractivity contribution in [3.05, 3.63) is 57.6 Å². The summed E-state index contributed by atoms with van der Waals surface area (Å²) < 4.78 is 11.5. The van der Waals surface area contributed by atoms with E-state index in [1.165, 1.54) is 16.7 Å². The lowest BCUT2D eigenvalue weighted by molar-refractivity contribution is -0.0596. The lowest BCUT2D eigenvalue weighted by Gasteiger charge is -2.44. The van der Waals surface area contributed by atoms with Crippen LogP contribution in [0.2, 0.25) is 5.02 Å². The molecule has 34 heavy (non-hydrogen) atoms. The smallest absolute Gasteiger partial charge is 0.137 e. The van der Waals surface area contributed by atoms with Gasteiger partial charge in [0.15, 0.2) is 0 Å². The van der Waals surface area contributed by atoms with E-state index >= 15 is 0 Å². The number of piperidine rings is 1. The normalized spacial score (nSPS) is 24.6. The number of hydrogen-bond acceptors (Lipinski definition) is 5. The summed E-state index contributed by atoms with van der Waals surface area (Å²) in [5, 5.41) is 12.2. The van der Waals surface area contributed by atoms with Gasteiger partial charge in [-0.25, -0.2) is 0 Å². The Hall–Kier alpha value is -1.79. The average molecular weight is 487 g/mol. The van der Waals surface area contributed by atoms with Gasteiger partial charge in [-0.05, 0) is 100 Å². The molecule has 2 aromatic rings. The summed E-state index contributed by atoms with van der Waals surface area (Å²) in [6.45, 7) is 7.06. The zero-order chi connectivity index (χ0) is 24.5. The van der Waals surface area contributed by atoms with Crippen LogP contribution in [-0.2, 0) is 12.1 Å². The molecule has 186 valence electrons. The van der Waals surface area contributed by atoms with Crippen LogP contribution in [0.5, 0.6) is 11.5 Å². The van der Waals surface area contributed by atoms with E-state index in [2.05, 4.69) is 49.9 Å². The predicted octanol–water partition coefficient (Wildman–Crippen LogP) is 5.31. The minimum Gasteiger partial charge on any atom is -0.495 e. The highest BCUT2D eigenvalue weighted by Gasteiger charge is 2.48. The molecule has 2 saturated heterocycles. The summed E-state index contributed by atoms with van der Waals surface area (Å²) >= 11 is 6.22. The van der Waals surface area contributed by atoms with Gasteiger partial charge in [0, 0.05) is 25.2 Å². The van der Waals surface area contributed by atoms with Crippen LogP contribution in [0.4, 0.5) is 0 Å². The van der Waals surface area contributed by atoms with Crippen LogP contribution >= 0.6 is 11.6 Å². The van der Waals surface area contributed by atoms with Gasteiger partial charge in [0.2, 0.25) is 0 Å². The second kappa shape index (κ2) is 10.4. The van der Waals surface area contributed by atoms with Crippen molar-refractivity contribution in [1.82, 2.24) is 9.80 Å². The highest BCUT2D eigenvalue weighted by atomic mass is 35.5. The zero-order valence-electron chi connectivity index (χ0n) is 21.2. The third-order valence-corrected chi connectivity index (χ3v) is 8.13. The molecule has 0 aliphatic carbocycles. The van der Waals surface area contributed by atoms with Crippen LogP contribution in [0, 0.1) is 13.8 Å². The van der Waals surface area contributed by atoms with Gasteiger partial charge in [0.1, 0.15) is 11.5 Å². The largest absolute Gasteiger partial charge is 0.495 e. The van der Waals surface area contributed by atoms with E-state index in [1.807, 2.05) is 18.2 Å². The van der Waals surface area contributed by atoms with Crippen LogP contribution < -0.4 is 9.47 Å². The Morgan fingerprint density at radius 2 is 1.76 bits per heavy atom. The molecule has 2 atom stereocenters. The van der Waals surface area contributed by atoms with Gasteiger partial charge < -0.3 is 19.5 Å². The number of methoxy groups -OCH3 is 1. The van der Waals surface area contributed by atoms with E-state index in [-0.39, 0.29) is 0 Å². The number of benzene rings is 2. The van der Waals surface area contributed by atoms with Crippen molar-refractivity contribution in [3.63, 3.8) is 0 Å². The first-order valence-corrected chi connectivity index (χ1v) is 12.8. The third-order valence-electron chi connectivity index (χ3n) is 7.82. The van der Waals surface area contributed by atoms with Gasteiger partial charge in [0.05, 0.1) is 24.3 Å². The fraction of sp³-hybridized carbons (Fsp3) is 0.571. The van der Waals surface area contributed by atoms with Crippen molar-refractivity contribution in [2.75, 3.05) is 34.4 Å². The quantitative estimate of drug-likeness (QED) is 0.486. The van der Waals surface area contributed by atoms with Crippen LogP contribution in [-0.4, -0.2) is 61.3 Å². The highest BCUT2D eigenvalue weighted by molar-refractivity contribution is 6.32. The van der Waals surface area contributed by atoms with Crippen molar-refractivity contribution in [2.45, 2.75) is 70.2 Å². The van der Waals surface area contributed by atoms with Crippen molar-refractivity contribution in [1.29, 1.82) is 0 Å². The summed E-state index contributed by atoms with van der Waals surface area (Å²) in [6, 6.07) is 10.8. The van der Waals surface area contributed by atoms with E-state index in [0.29, 0.717) is 22.9 Å². The topological polar surface area (TPSA) is 45.2 Å². The molecule has 0 spiro atoms. The Kier molecular flexibility index (Phi) is 7.78. The predicted molar refractivity (Wildman–Crippen MR) is 138 cm³/mol. The first-order chi connectivity index (χ1) is 16.2. The standard InChI is InChI=1S/C28H39ClN2O3/c1-19-20(2)26(34-14-6-13-30(3)4)12-7-21(19)18-31-23-9-10-24(31)17-28(32,16-23)22-8-11-25(29)27(15-22)33-5/h7-8,11-12,15,23-24,32H,6,9-10,13-14,16-18H2,1-5H3. The number of ether oxygens (including phenoxy) is 2. The van der Waals surface area contributed by atoms with Gasteiger partial charge in [-0.1, -0.05) is 23.7 Å². The van der Waals surface area contributed by atoms with E-state index in [9.17, 15) is 5.11 Å². The molecule has 2 aliphatic rings. The summed E-state index contributed by atoms with van der Waals surface area (Å²) in [7, 11) is 5.79. The van der Waals surface area contributed by atoms with Crippen molar-refractivity contribution < 1.29 is 14.6 Å². The molecule has 0 amide bonds. The lowest BCUT2D eigenvalue weighted by Crippen LogP contribution is -2.49. The second-order valence-electron chi connectivity index (χ2n) is 10.3. The van der Waals surface area contributed by atoms with Gasteiger partial charge in [-0.3, -0.25) is 4.90 Å². The fourth-order valence-corrected chi connectivity index (χ4v) is 5.89. The van der Waals surface area contributed by atoms with Gasteiger partial charge in [-0.15, -0.1) is 0 Å². The Labute approximate surface area is 209 Å². The Bertz CT molecular complexity index is 995. The van der Waals surface area contributed by atoms with Crippen molar-refractivity contribution in [3.8, 4) is 11.5 Å². The van der Waals surface area contributed by atoms with Crippen LogP contribution in [0.3, 0.4) is 0 Å². The van der Waals surface area contributed by atoms with Crippen LogP contribution in [0.1, 0.15) is 54.4 Å². The van der Waals surface area contributed by atoms with Crippen LogP contribution in [0.25, 0.3) is 0 Å². The number of halogens is 1. The lowest BCUT2D eigenvalue weighted by atomic mass is 9.80. The molecule has 2 aromatic carbocycles. The Balaban J connectivity index is 1.45. The fourth-order valence-electron chi connectivity index (χ4n) is 5.70. The van der Waals surface area contributed by atoms with E-state index in [0.717, 1.165) is 63.1 Å². The van der Waals surface area contributed by atoms with Gasteiger partial charge in [-0.2, -0.15) is 0 Å². The molecule has 2 bridgehead atoms. The summed E-state index contributed by atoms with van der Waals surface area (Å²) in [4.78, 5) is 4.79. The first kappa shape index (κ1) is 25.3.